The number of thiazole rings is 1. The molecule has 0 aliphatic heterocycles. The summed E-state index contributed by atoms with van der Waals surface area (Å²) in [5, 5.41) is 13.2. The Labute approximate surface area is 110 Å². The van der Waals surface area contributed by atoms with Crippen LogP contribution in [-0.4, -0.2) is 28.5 Å². The van der Waals surface area contributed by atoms with E-state index in [1.54, 1.807) is 10.9 Å². The predicted molar refractivity (Wildman–Crippen MR) is 69.6 cm³/mol. The molecular formula is C12H18N2O3S. The maximum absolute atomic E-state index is 11.7. The van der Waals surface area contributed by atoms with E-state index in [-0.39, 0.29) is 18.2 Å². The van der Waals surface area contributed by atoms with Gasteiger partial charge >= 0.3 is 5.97 Å². The number of carboxylic acids is 1. The average Bonchev–Trinajstić information content (AvgIpc) is 2.77. The van der Waals surface area contributed by atoms with Crippen molar-refractivity contribution < 1.29 is 14.7 Å². The summed E-state index contributed by atoms with van der Waals surface area (Å²) in [5.74, 6) is -0.699. The Hall–Kier alpha value is -1.43. The lowest BCUT2D eigenvalue weighted by molar-refractivity contribution is -0.138. The summed E-state index contributed by atoms with van der Waals surface area (Å²) in [6.45, 7) is 4.45. The number of carbonyl (C=O) groups excluding carboxylic acids is 1. The Morgan fingerprint density at radius 2 is 2.22 bits per heavy atom. The summed E-state index contributed by atoms with van der Waals surface area (Å²) < 4.78 is 0. The van der Waals surface area contributed by atoms with Gasteiger partial charge < -0.3 is 10.4 Å². The van der Waals surface area contributed by atoms with E-state index < -0.39 is 5.97 Å². The van der Waals surface area contributed by atoms with Crippen molar-refractivity contribution in [1.29, 1.82) is 0 Å². The third-order valence-corrected chi connectivity index (χ3v) is 3.07. The van der Waals surface area contributed by atoms with Crippen LogP contribution in [-0.2, 0) is 4.79 Å². The lowest BCUT2D eigenvalue weighted by Gasteiger charge is -2.17. The second-order valence-electron chi connectivity index (χ2n) is 4.68. The van der Waals surface area contributed by atoms with Crippen molar-refractivity contribution in [3.63, 3.8) is 0 Å². The number of rotatable bonds is 7. The quantitative estimate of drug-likeness (QED) is 0.794. The van der Waals surface area contributed by atoms with Crippen molar-refractivity contribution in [2.45, 2.75) is 26.7 Å². The molecule has 0 spiro atoms. The monoisotopic (exact) mass is 270 g/mol. The van der Waals surface area contributed by atoms with Crippen LogP contribution in [0.25, 0.3) is 0 Å². The van der Waals surface area contributed by atoms with E-state index in [0.717, 1.165) is 6.42 Å². The van der Waals surface area contributed by atoms with Crippen LogP contribution in [0.4, 0.5) is 0 Å². The molecule has 1 amide bonds. The molecule has 5 nitrogen and oxygen atoms in total. The third-order valence-electron chi connectivity index (χ3n) is 2.48. The zero-order valence-corrected chi connectivity index (χ0v) is 11.4. The fraction of sp³-hybridized carbons (Fsp3) is 0.583. The first-order chi connectivity index (χ1) is 8.49. The minimum atomic E-state index is -0.830. The maximum Gasteiger partial charge on any atom is 0.303 e. The van der Waals surface area contributed by atoms with Crippen molar-refractivity contribution in [3.8, 4) is 0 Å². The minimum Gasteiger partial charge on any atom is -0.481 e. The number of carboxylic acid groups (broad SMARTS) is 1. The van der Waals surface area contributed by atoms with E-state index in [9.17, 15) is 9.59 Å². The van der Waals surface area contributed by atoms with E-state index in [1.807, 2.05) is 13.8 Å². The van der Waals surface area contributed by atoms with Gasteiger partial charge in [-0.25, -0.2) is 4.98 Å². The van der Waals surface area contributed by atoms with Gasteiger partial charge in [0.1, 0.15) is 5.69 Å². The highest BCUT2D eigenvalue weighted by Crippen LogP contribution is 2.15. The standard InChI is InChI=1S/C12H18N2O3S/c1-8(2)3-9(4-11(15)16)5-13-12(17)10-6-18-7-14-10/h6-9H,3-5H2,1-2H3,(H,13,17)(H,15,16). The number of nitrogens with zero attached hydrogens (tertiary/aromatic N) is 1. The molecule has 18 heavy (non-hydrogen) atoms. The van der Waals surface area contributed by atoms with Gasteiger partial charge in [-0.2, -0.15) is 0 Å². The van der Waals surface area contributed by atoms with Crippen molar-refractivity contribution in [1.82, 2.24) is 10.3 Å². The molecule has 0 saturated carbocycles. The average molecular weight is 270 g/mol. The molecule has 2 N–H and O–H groups in total. The molecule has 1 aromatic rings. The molecule has 100 valence electrons. The number of aromatic nitrogens is 1. The molecule has 0 bridgehead atoms. The van der Waals surface area contributed by atoms with Crippen LogP contribution in [0.1, 0.15) is 37.2 Å². The van der Waals surface area contributed by atoms with Crippen molar-refractivity contribution in [2.75, 3.05) is 6.54 Å². The Morgan fingerprint density at radius 3 is 2.72 bits per heavy atom. The fourth-order valence-corrected chi connectivity index (χ4v) is 2.34. The Bertz CT molecular complexity index is 390. The number of carbonyl (C=O) groups is 2. The Balaban J connectivity index is 2.45. The first kappa shape index (κ1) is 14.6. The molecule has 1 aromatic heterocycles. The summed E-state index contributed by atoms with van der Waals surface area (Å²) >= 11 is 1.36. The van der Waals surface area contributed by atoms with Crippen LogP contribution in [0.3, 0.4) is 0 Å². The first-order valence-corrected chi connectivity index (χ1v) is 6.81. The van der Waals surface area contributed by atoms with Gasteiger partial charge in [-0.05, 0) is 18.3 Å². The van der Waals surface area contributed by atoms with Gasteiger partial charge in [0.05, 0.1) is 5.51 Å². The first-order valence-electron chi connectivity index (χ1n) is 5.87. The summed E-state index contributed by atoms with van der Waals surface area (Å²) in [7, 11) is 0. The minimum absolute atomic E-state index is 0.0370. The van der Waals surface area contributed by atoms with E-state index in [0.29, 0.717) is 18.2 Å². The van der Waals surface area contributed by atoms with Crippen LogP contribution in [0.15, 0.2) is 10.9 Å². The molecule has 0 aliphatic carbocycles. The Kier molecular flexibility index (Phi) is 5.77. The number of hydrogen-bond donors (Lipinski definition) is 2. The second kappa shape index (κ2) is 7.10. The normalized spacial score (nSPS) is 12.4. The van der Waals surface area contributed by atoms with Gasteiger partial charge in [-0.3, -0.25) is 9.59 Å². The smallest absolute Gasteiger partial charge is 0.303 e. The van der Waals surface area contributed by atoms with E-state index in [1.165, 1.54) is 11.3 Å². The van der Waals surface area contributed by atoms with Crippen LogP contribution in [0, 0.1) is 11.8 Å². The molecule has 1 heterocycles. The highest BCUT2D eigenvalue weighted by molar-refractivity contribution is 7.07. The van der Waals surface area contributed by atoms with Crippen LogP contribution >= 0.6 is 11.3 Å². The van der Waals surface area contributed by atoms with E-state index in [4.69, 9.17) is 5.11 Å². The van der Waals surface area contributed by atoms with Gasteiger partial charge in [0.2, 0.25) is 0 Å². The number of aliphatic carboxylic acids is 1. The highest BCUT2D eigenvalue weighted by Gasteiger charge is 2.17. The third kappa shape index (κ3) is 5.27. The van der Waals surface area contributed by atoms with Gasteiger partial charge in [-0.1, -0.05) is 13.8 Å². The van der Waals surface area contributed by atoms with Gasteiger partial charge in [0.25, 0.3) is 5.91 Å². The molecule has 1 rings (SSSR count). The van der Waals surface area contributed by atoms with Crippen molar-refractivity contribution in [2.24, 2.45) is 11.8 Å². The van der Waals surface area contributed by atoms with Crippen LogP contribution < -0.4 is 5.32 Å². The second-order valence-corrected chi connectivity index (χ2v) is 5.40. The van der Waals surface area contributed by atoms with Crippen LogP contribution in [0.5, 0.6) is 0 Å². The van der Waals surface area contributed by atoms with Gasteiger partial charge in [0, 0.05) is 18.3 Å². The molecule has 0 saturated heterocycles. The lowest BCUT2D eigenvalue weighted by atomic mass is 9.94. The number of hydrogen-bond acceptors (Lipinski definition) is 4. The molecule has 6 heteroatoms. The Morgan fingerprint density at radius 1 is 1.50 bits per heavy atom. The summed E-state index contributed by atoms with van der Waals surface area (Å²) in [4.78, 5) is 26.3. The largest absolute Gasteiger partial charge is 0.481 e. The molecule has 1 atom stereocenters. The van der Waals surface area contributed by atoms with Crippen LogP contribution in [0.2, 0.25) is 0 Å². The fourth-order valence-electron chi connectivity index (χ4n) is 1.80. The number of nitrogens with one attached hydrogen (secondary N) is 1. The molecule has 1 unspecified atom stereocenters. The highest BCUT2D eigenvalue weighted by atomic mass is 32.1. The zero-order chi connectivity index (χ0) is 13.5. The molecular weight excluding hydrogens is 252 g/mol. The maximum atomic E-state index is 11.7. The summed E-state index contributed by atoms with van der Waals surface area (Å²) in [6.07, 6.45) is 0.860. The SMILES string of the molecule is CC(C)CC(CNC(=O)c1cscn1)CC(=O)O. The number of amides is 1. The predicted octanol–water partition coefficient (Wildman–Crippen LogP) is 2.01. The lowest BCUT2D eigenvalue weighted by Crippen LogP contribution is -2.31. The van der Waals surface area contributed by atoms with Crippen molar-refractivity contribution >= 4 is 23.2 Å². The van der Waals surface area contributed by atoms with Crippen molar-refractivity contribution in [3.05, 3.63) is 16.6 Å². The molecule has 0 radical (unpaired) electrons. The molecule has 0 aromatic carbocycles. The van der Waals surface area contributed by atoms with Gasteiger partial charge in [-0.15, -0.1) is 11.3 Å². The molecule has 0 fully saturated rings. The van der Waals surface area contributed by atoms with E-state index >= 15 is 0 Å². The topological polar surface area (TPSA) is 79.3 Å². The summed E-state index contributed by atoms with van der Waals surface area (Å²) in [5.41, 5.74) is 1.98. The summed E-state index contributed by atoms with van der Waals surface area (Å²) in [6, 6.07) is 0. The van der Waals surface area contributed by atoms with E-state index in [2.05, 4.69) is 10.3 Å². The molecule has 0 aliphatic rings. The van der Waals surface area contributed by atoms with Gasteiger partial charge in [0.15, 0.2) is 0 Å². The zero-order valence-electron chi connectivity index (χ0n) is 10.5.